The molecule has 0 saturated heterocycles. The number of ether oxygens (including phenoxy) is 1. The van der Waals surface area contributed by atoms with Crippen LogP contribution in [0.5, 0.6) is 5.75 Å². The maximum absolute atomic E-state index is 13.1. The number of carbonyl (C=O) groups excluding carboxylic acids is 1. The van der Waals surface area contributed by atoms with E-state index in [9.17, 15) is 18.0 Å². The normalized spacial score (nSPS) is 16.5. The molecular weight excluding hydrogens is 295 g/mol. The van der Waals surface area contributed by atoms with Crippen LogP contribution in [0.2, 0.25) is 0 Å². The Bertz CT molecular complexity index is 563. The molecule has 1 aromatic rings. The van der Waals surface area contributed by atoms with Crippen LogP contribution in [0, 0.1) is 11.3 Å². The molecular formula is C16H20F3NO2. The predicted molar refractivity (Wildman–Crippen MR) is 77.7 cm³/mol. The van der Waals surface area contributed by atoms with Gasteiger partial charge in [0.1, 0.15) is 5.75 Å². The average Bonchev–Trinajstić information content (AvgIpc) is 3.15. The molecule has 0 heterocycles. The van der Waals surface area contributed by atoms with Gasteiger partial charge in [0.15, 0.2) is 0 Å². The third-order valence-electron chi connectivity index (χ3n) is 3.66. The number of hydrogen-bond acceptors (Lipinski definition) is 2. The lowest BCUT2D eigenvalue weighted by atomic mass is 10.1. The van der Waals surface area contributed by atoms with Crippen LogP contribution in [0.1, 0.15) is 39.2 Å². The van der Waals surface area contributed by atoms with Crippen LogP contribution in [0.25, 0.3) is 0 Å². The molecule has 122 valence electrons. The van der Waals surface area contributed by atoms with Crippen molar-refractivity contribution in [2.75, 3.05) is 11.9 Å². The summed E-state index contributed by atoms with van der Waals surface area (Å²) in [5.41, 5.74) is -1.17. The molecule has 0 unspecified atom stereocenters. The minimum Gasteiger partial charge on any atom is -0.493 e. The first-order chi connectivity index (χ1) is 10.1. The van der Waals surface area contributed by atoms with Crippen molar-refractivity contribution in [2.24, 2.45) is 11.3 Å². The number of anilines is 1. The number of alkyl halides is 3. The molecule has 1 aliphatic carbocycles. The maximum atomic E-state index is 13.1. The van der Waals surface area contributed by atoms with E-state index in [1.54, 1.807) is 6.92 Å². The molecule has 1 aromatic carbocycles. The summed E-state index contributed by atoms with van der Waals surface area (Å²) in [5, 5.41) is 2.55. The van der Waals surface area contributed by atoms with Crippen molar-refractivity contribution in [3.63, 3.8) is 0 Å². The molecule has 1 saturated carbocycles. The Labute approximate surface area is 127 Å². The Hall–Kier alpha value is -1.72. The van der Waals surface area contributed by atoms with Crippen molar-refractivity contribution >= 4 is 11.6 Å². The van der Waals surface area contributed by atoms with E-state index in [1.165, 1.54) is 12.1 Å². The van der Waals surface area contributed by atoms with E-state index in [4.69, 9.17) is 4.74 Å². The van der Waals surface area contributed by atoms with Crippen molar-refractivity contribution in [3.8, 4) is 5.75 Å². The van der Waals surface area contributed by atoms with Gasteiger partial charge in [0, 0.05) is 11.1 Å². The van der Waals surface area contributed by atoms with E-state index in [2.05, 4.69) is 5.32 Å². The van der Waals surface area contributed by atoms with Gasteiger partial charge in [-0.2, -0.15) is 13.2 Å². The molecule has 1 fully saturated rings. The summed E-state index contributed by atoms with van der Waals surface area (Å²) < 4.78 is 44.7. The van der Waals surface area contributed by atoms with Crippen LogP contribution < -0.4 is 10.1 Å². The standard InChI is InChI=1S/C16H20F3NO2/c1-10(2)9-22-13-5-4-11(8-12(13)16(17,18)19)20-14(21)15(3)6-7-15/h4-5,8,10H,6-7,9H2,1-3H3,(H,20,21). The van der Waals surface area contributed by atoms with Crippen LogP contribution in [-0.4, -0.2) is 12.5 Å². The Morgan fingerprint density at radius 2 is 2.00 bits per heavy atom. The van der Waals surface area contributed by atoms with E-state index < -0.39 is 17.2 Å². The zero-order chi connectivity index (χ0) is 16.5. The highest BCUT2D eigenvalue weighted by Gasteiger charge is 2.45. The summed E-state index contributed by atoms with van der Waals surface area (Å²) in [5.74, 6) is -0.330. The highest BCUT2D eigenvalue weighted by atomic mass is 19.4. The van der Waals surface area contributed by atoms with Gasteiger partial charge in [0.2, 0.25) is 5.91 Å². The lowest BCUT2D eigenvalue weighted by molar-refractivity contribution is -0.139. The van der Waals surface area contributed by atoms with Crippen LogP contribution in [0.4, 0.5) is 18.9 Å². The lowest BCUT2D eigenvalue weighted by Gasteiger charge is -2.17. The molecule has 1 aliphatic rings. The van der Waals surface area contributed by atoms with E-state index in [1.807, 2.05) is 13.8 Å². The molecule has 0 spiro atoms. The van der Waals surface area contributed by atoms with Crippen molar-refractivity contribution in [1.29, 1.82) is 0 Å². The second kappa shape index (κ2) is 5.82. The quantitative estimate of drug-likeness (QED) is 0.870. The summed E-state index contributed by atoms with van der Waals surface area (Å²) in [6.45, 7) is 5.72. The van der Waals surface area contributed by atoms with Crippen LogP contribution >= 0.6 is 0 Å². The van der Waals surface area contributed by atoms with E-state index in [0.717, 1.165) is 18.9 Å². The number of carbonyl (C=O) groups is 1. The summed E-state index contributed by atoms with van der Waals surface area (Å²) in [4.78, 5) is 11.9. The van der Waals surface area contributed by atoms with E-state index >= 15 is 0 Å². The molecule has 0 atom stereocenters. The number of hydrogen-bond donors (Lipinski definition) is 1. The smallest absolute Gasteiger partial charge is 0.420 e. The topological polar surface area (TPSA) is 38.3 Å². The third-order valence-corrected chi connectivity index (χ3v) is 3.66. The summed E-state index contributed by atoms with van der Waals surface area (Å²) in [6.07, 6.45) is -3.00. The number of halogens is 3. The first-order valence-electron chi connectivity index (χ1n) is 7.27. The van der Waals surface area contributed by atoms with Crippen molar-refractivity contribution in [1.82, 2.24) is 0 Å². The van der Waals surface area contributed by atoms with Crippen molar-refractivity contribution < 1.29 is 22.7 Å². The third kappa shape index (κ3) is 3.93. The van der Waals surface area contributed by atoms with Gasteiger partial charge in [-0.05, 0) is 37.0 Å². The minimum atomic E-state index is -4.53. The van der Waals surface area contributed by atoms with Crippen molar-refractivity contribution in [3.05, 3.63) is 23.8 Å². The highest BCUT2D eigenvalue weighted by molar-refractivity contribution is 5.97. The van der Waals surface area contributed by atoms with Gasteiger partial charge in [-0.25, -0.2) is 0 Å². The summed E-state index contributed by atoms with van der Waals surface area (Å²) in [6, 6.07) is 3.63. The van der Waals surface area contributed by atoms with Gasteiger partial charge in [0.25, 0.3) is 0 Å². The second-order valence-corrected chi connectivity index (χ2v) is 6.43. The van der Waals surface area contributed by atoms with Crippen molar-refractivity contribution in [2.45, 2.75) is 39.8 Å². The first kappa shape index (κ1) is 16.6. The van der Waals surface area contributed by atoms with Gasteiger partial charge in [0.05, 0.1) is 12.2 Å². The van der Waals surface area contributed by atoms with Crippen LogP contribution in [0.3, 0.4) is 0 Å². The molecule has 1 N–H and O–H groups in total. The van der Waals surface area contributed by atoms with Gasteiger partial charge < -0.3 is 10.1 Å². The number of nitrogens with one attached hydrogen (secondary N) is 1. The monoisotopic (exact) mass is 315 g/mol. The molecule has 0 radical (unpaired) electrons. The summed E-state index contributed by atoms with van der Waals surface area (Å²) >= 11 is 0. The minimum absolute atomic E-state index is 0.121. The Balaban J connectivity index is 2.21. The first-order valence-corrected chi connectivity index (χ1v) is 7.27. The zero-order valence-electron chi connectivity index (χ0n) is 12.9. The second-order valence-electron chi connectivity index (χ2n) is 6.43. The number of rotatable bonds is 5. The molecule has 0 aliphatic heterocycles. The molecule has 1 amide bonds. The largest absolute Gasteiger partial charge is 0.493 e. The SMILES string of the molecule is CC(C)COc1ccc(NC(=O)C2(C)CC2)cc1C(F)(F)F. The van der Waals surface area contributed by atoms with Gasteiger partial charge >= 0.3 is 6.18 Å². The Morgan fingerprint density at radius 1 is 1.36 bits per heavy atom. The number of amides is 1. The number of benzene rings is 1. The Morgan fingerprint density at radius 3 is 2.50 bits per heavy atom. The van der Waals surface area contributed by atoms with Gasteiger partial charge in [-0.3, -0.25) is 4.79 Å². The molecule has 0 aromatic heterocycles. The maximum Gasteiger partial charge on any atom is 0.420 e. The Kier molecular flexibility index (Phi) is 4.40. The summed E-state index contributed by atoms with van der Waals surface area (Å²) in [7, 11) is 0. The predicted octanol–water partition coefficient (Wildman–Crippen LogP) is 4.48. The van der Waals surface area contributed by atoms with E-state index in [-0.39, 0.29) is 29.9 Å². The van der Waals surface area contributed by atoms with Gasteiger partial charge in [-0.15, -0.1) is 0 Å². The molecule has 0 bridgehead atoms. The molecule has 22 heavy (non-hydrogen) atoms. The zero-order valence-corrected chi connectivity index (χ0v) is 12.9. The van der Waals surface area contributed by atoms with Gasteiger partial charge in [-0.1, -0.05) is 20.8 Å². The van der Waals surface area contributed by atoms with Crippen LogP contribution in [0.15, 0.2) is 18.2 Å². The molecule has 3 nitrogen and oxygen atoms in total. The average molecular weight is 315 g/mol. The fraction of sp³-hybridized carbons (Fsp3) is 0.562. The molecule has 6 heteroatoms. The lowest BCUT2D eigenvalue weighted by Crippen LogP contribution is -2.21. The highest BCUT2D eigenvalue weighted by Crippen LogP contribution is 2.46. The van der Waals surface area contributed by atoms with E-state index in [0.29, 0.717) is 0 Å². The fourth-order valence-corrected chi connectivity index (χ4v) is 1.91. The fourth-order valence-electron chi connectivity index (χ4n) is 1.91. The molecule has 2 rings (SSSR count). The van der Waals surface area contributed by atoms with Crippen LogP contribution in [-0.2, 0) is 11.0 Å².